The second kappa shape index (κ2) is 7.21. The van der Waals surface area contributed by atoms with Gasteiger partial charge in [-0.2, -0.15) is 0 Å². The molecule has 5 nitrogen and oxygen atoms in total. The molecule has 1 unspecified atom stereocenters. The number of hydrogen-bond donors (Lipinski definition) is 2. The quantitative estimate of drug-likeness (QED) is 0.858. The van der Waals surface area contributed by atoms with Gasteiger partial charge in [-0.15, -0.1) is 22.7 Å². The zero-order chi connectivity index (χ0) is 16.3. The van der Waals surface area contributed by atoms with Crippen molar-refractivity contribution >= 4 is 51.2 Å². The first-order chi connectivity index (χ1) is 10.4. The van der Waals surface area contributed by atoms with Gasteiger partial charge < -0.3 is 10.6 Å². The van der Waals surface area contributed by atoms with Gasteiger partial charge in [0, 0.05) is 12.3 Å². The predicted octanol–water partition coefficient (Wildman–Crippen LogP) is 3.62. The number of carbonyl (C=O) groups excluding carboxylic acids is 2. The van der Waals surface area contributed by atoms with Crippen LogP contribution in [0.25, 0.3) is 10.6 Å². The Morgan fingerprint density at radius 2 is 2.05 bits per heavy atom. The van der Waals surface area contributed by atoms with Crippen molar-refractivity contribution in [2.45, 2.75) is 26.8 Å². The van der Waals surface area contributed by atoms with Crippen LogP contribution in [0.1, 0.15) is 20.8 Å². The molecule has 0 bridgehead atoms. The second-order valence-electron chi connectivity index (χ2n) is 5.05. The number of halogens is 1. The molecule has 22 heavy (non-hydrogen) atoms. The molecule has 0 aliphatic carbocycles. The number of anilines is 1. The molecule has 0 radical (unpaired) electrons. The molecule has 2 rings (SSSR count). The van der Waals surface area contributed by atoms with Crippen molar-refractivity contribution in [3.8, 4) is 10.6 Å². The molecule has 2 aromatic heterocycles. The number of carbonyl (C=O) groups is 2. The zero-order valence-corrected chi connectivity index (χ0v) is 14.7. The average molecular weight is 358 g/mol. The molecule has 2 aromatic rings. The first-order valence-electron chi connectivity index (χ1n) is 6.66. The summed E-state index contributed by atoms with van der Waals surface area (Å²) in [6.07, 6.45) is 0. The number of nitrogens with zero attached hydrogens (tertiary/aromatic N) is 1. The van der Waals surface area contributed by atoms with Gasteiger partial charge in [0.2, 0.25) is 11.8 Å². The molecule has 0 spiro atoms. The highest BCUT2D eigenvalue weighted by atomic mass is 35.5. The van der Waals surface area contributed by atoms with E-state index in [9.17, 15) is 9.59 Å². The van der Waals surface area contributed by atoms with Crippen molar-refractivity contribution in [3.05, 3.63) is 21.8 Å². The molecule has 0 saturated carbocycles. The molecule has 118 valence electrons. The summed E-state index contributed by atoms with van der Waals surface area (Å²) in [7, 11) is 0. The Bertz CT molecular complexity index is 681. The van der Waals surface area contributed by atoms with Crippen LogP contribution in [0, 0.1) is 5.92 Å². The standard InChI is InChI=1S/C14H16ClN3O2S2/c1-7(2)12(16-8(3)19)13(20)18-14-17-9(6-21-14)10-4-5-11(15)22-10/h4-7,12H,1-3H3,(H,16,19)(H,17,18,20). The fourth-order valence-electron chi connectivity index (χ4n) is 1.83. The Morgan fingerprint density at radius 3 is 2.59 bits per heavy atom. The van der Waals surface area contributed by atoms with Crippen LogP contribution in [-0.2, 0) is 9.59 Å². The number of aromatic nitrogens is 1. The van der Waals surface area contributed by atoms with Gasteiger partial charge in [-0.1, -0.05) is 25.4 Å². The van der Waals surface area contributed by atoms with Gasteiger partial charge in [0.15, 0.2) is 5.13 Å². The summed E-state index contributed by atoms with van der Waals surface area (Å²) >= 11 is 8.68. The normalized spacial score (nSPS) is 12.2. The third kappa shape index (κ3) is 4.28. The molecular formula is C14H16ClN3O2S2. The van der Waals surface area contributed by atoms with Gasteiger partial charge in [0.25, 0.3) is 0 Å². The Labute approximate surface area is 141 Å². The van der Waals surface area contributed by atoms with Gasteiger partial charge in [0.05, 0.1) is 14.9 Å². The molecular weight excluding hydrogens is 342 g/mol. The summed E-state index contributed by atoms with van der Waals surface area (Å²) in [4.78, 5) is 28.8. The van der Waals surface area contributed by atoms with E-state index in [2.05, 4.69) is 15.6 Å². The minimum atomic E-state index is -0.582. The Kier molecular flexibility index (Phi) is 5.55. The fourth-order valence-corrected chi connectivity index (χ4v) is 3.63. The van der Waals surface area contributed by atoms with Crippen LogP contribution < -0.4 is 10.6 Å². The van der Waals surface area contributed by atoms with Crippen LogP contribution in [0.3, 0.4) is 0 Å². The topological polar surface area (TPSA) is 71.1 Å². The number of nitrogens with one attached hydrogen (secondary N) is 2. The van der Waals surface area contributed by atoms with Crippen molar-refractivity contribution in [2.75, 3.05) is 5.32 Å². The third-order valence-corrected chi connectivity index (χ3v) is 4.88. The summed E-state index contributed by atoms with van der Waals surface area (Å²) in [5.41, 5.74) is 0.776. The molecule has 2 N–H and O–H groups in total. The molecule has 0 saturated heterocycles. The van der Waals surface area contributed by atoms with Crippen LogP contribution in [0.4, 0.5) is 5.13 Å². The van der Waals surface area contributed by atoms with E-state index in [-0.39, 0.29) is 17.7 Å². The number of hydrogen-bond acceptors (Lipinski definition) is 5. The fraction of sp³-hybridized carbons (Fsp3) is 0.357. The summed E-state index contributed by atoms with van der Waals surface area (Å²) in [6.45, 7) is 5.15. The molecule has 0 aromatic carbocycles. The largest absolute Gasteiger partial charge is 0.344 e. The van der Waals surface area contributed by atoms with Gasteiger partial charge in [0.1, 0.15) is 6.04 Å². The van der Waals surface area contributed by atoms with E-state index in [0.717, 1.165) is 10.6 Å². The maximum Gasteiger partial charge on any atom is 0.248 e. The lowest BCUT2D eigenvalue weighted by atomic mass is 10.0. The predicted molar refractivity (Wildman–Crippen MR) is 91.5 cm³/mol. The lowest BCUT2D eigenvalue weighted by Crippen LogP contribution is -2.46. The van der Waals surface area contributed by atoms with Crippen molar-refractivity contribution in [1.29, 1.82) is 0 Å². The summed E-state index contributed by atoms with van der Waals surface area (Å²) in [5, 5.41) is 7.76. The van der Waals surface area contributed by atoms with E-state index in [1.165, 1.54) is 29.6 Å². The minimum absolute atomic E-state index is 0.0144. The van der Waals surface area contributed by atoms with E-state index in [1.807, 2.05) is 31.4 Å². The van der Waals surface area contributed by atoms with E-state index in [1.54, 1.807) is 0 Å². The van der Waals surface area contributed by atoms with Gasteiger partial charge in [-0.05, 0) is 18.1 Å². The van der Waals surface area contributed by atoms with Crippen LogP contribution >= 0.6 is 34.3 Å². The molecule has 0 fully saturated rings. The summed E-state index contributed by atoms with van der Waals surface area (Å²) in [6, 6.07) is 3.12. The van der Waals surface area contributed by atoms with Crippen molar-refractivity contribution < 1.29 is 9.59 Å². The van der Waals surface area contributed by atoms with Gasteiger partial charge in [-0.3, -0.25) is 9.59 Å². The SMILES string of the molecule is CC(=O)NC(C(=O)Nc1nc(-c2ccc(Cl)s2)cs1)C(C)C. The van der Waals surface area contributed by atoms with E-state index < -0.39 is 6.04 Å². The molecule has 1 atom stereocenters. The first kappa shape index (κ1) is 16.9. The third-order valence-electron chi connectivity index (χ3n) is 2.87. The van der Waals surface area contributed by atoms with Crippen molar-refractivity contribution in [3.63, 3.8) is 0 Å². The second-order valence-corrected chi connectivity index (χ2v) is 7.63. The van der Waals surface area contributed by atoms with Crippen LogP contribution in [0.2, 0.25) is 4.34 Å². The van der Waals surface area contributed by atoms with E-state index >= 15 is 0 Å². The number of thiophene rings is 1. The molecule has 0 aliphatic rings. The molecule has 2 heterocycles. The highest BCUT2D eigenvalue weighted by Crippen LogP contribution is 2.32. The van der Waals surface area contributed by atoms with E-state index in [4.69, 9.17) is 11.6 Å². The molecule has 8 heteroatoms. The maximum absolute atomic E-state index is 12.3. The van der Waals surface area contributed by atoms with Crippen molar-refractivity contribution in [1.82, 2.24) is 10.3 Å². The highest BCUT2D eigenvalue weighted by molar-refractivity contribution is 7.20. The molecule has 0 aliphatic heterocycles. The molecule has 2 amide bonds. The van der Waals surface area contributed by atoms with Crippen LogP contribution in [0.15, 0.2) is 17.5 Å². The zero-order valence-electron chi connectivity index (χ0n) is 12.3. The summed E-state index contributed by atoms with van der Waals surface area (Å²) < 4.78 is 0.694. The Morgan fingerprint density at radius 1 is 1.32 bits per heavy atom. The minimum Gasteiger partial charge on any atom is -0.344 e. The first-order valence-corrected chi connectivity index (χ1v) is 8.73. The number of thiazole rings is 1. The maximum atomic E-state index is 12.3. The van der Waals surface area contributed by atoms with Crippen molar-refractivity contribution in [2.24, 2.45) is 5.92 Å². The lowest BCUT2D eigenvalue weighted by Gasteiger charge is -2.20. The highest BCUT2D eigenvalue weighted by Gasteiger charge is 2.23. The summed E-state index contributed by atoms with van der Waals surface area (Å²) in [5.74, 6) is -0.517. The van der Waals surface area contributed by atoms with Crippen LogP contribution in [-0.4, -0.2) is 22.8 Å². The monoisotopic (exact) mass is 357 g/mol. The smallest absolute Gasteiger partial charge is 0.248 e. The Hall–Kier alpha value is -1.44. The van der Waals surface area contributed by atoms with Gasteiger partial charge >= 0.3 is 0 Å². The number of rotatable bonds is 5. The van der Waals surface area contributed by atoms with E-state index in [0.29, 0.717) is 9.47 Å². The van der Waals surface area contributed by atoms with Crippen LogP contribution in [0.5, 0.6) is 0 Å². The average Bonchev–Trinajstić information content (AvgIpc) is 3.04. The Balaban J connectivity index is 2.08. The number of amides is 2. The lowest BCUT2D eigenvalue weighted by molar-refractivity contribution is -0.126. The van der Waals surface area contributed by atoms with Gasteiger partial charge in [-0.25, -0.2) is 4.98 Å².